The van der Waals surface area contributed by atoms with Crippen LogP contribution in [-0.2, 0) is 18.3 Å². The summed E-state index contributed by atoms with van der Waals surface area (Å²) in [6.45, 7) is -0.782. The molecular formula is C17H16FN5O8P-. The molecule has 15 heteroatoms. The number of hydrogen-bond acceptors (Lipinski definition) is 12. The van der Waals surface area contributed by atoms with Crippen LogP contribution < -0.4 is 10.6 Å². The molecule has 1 aliphatic rings. The number of rotatable bonds is 6. The van der Waals surface area contributed by atoms with Gasteiger partial charge in [0.2, 0.25) is 0 Å². The topological polar surface area (TPSA) is 195 Å². The monoisotopic (exact) mass is 468 g/mol. The van der Waals surface area contributed by atoms with Crippen LogP contribution in [0, 0.1) is 5.82 Å². The van der Waals surface area contributed by atoms with E-state index in [9.17, 15) is 28.9 Å². The highest BCUT2D eigenvalue weighted by Gasteiger charge is 2.45. The number of aromatic nitrogens is 4. The molecule has 4 rings (SSSR count). The van der Waals surface area contributed by atoms with Crippen molar-refractivity contribution in [2.24, 2.45) is 0 Å². The van der Waals surface area contributed by atoms with Crippen LogP contribution >= 0.6 is 7.82 Å². The summed E-state index contributed by atoms with van der Waals surface area (Å²) in [4.78, 5) is 35.7. The molecule has 0 bridgehead atoms. The van der Waals surface area contributed by atoms with Gasteiger partial charge in [0.25, 0.3) is 0 Å². The standard InChI is InChI=1S/C17H17FN5O8P/c18-9-3-1-2-8(4-9)17(26)31-32(27,28)29-5-10-12(24)13(25)16(30-10)23-7-22-11-14(19)20-6-21-15(11)23/h1-4,6-7,10,12-13,16,24-25H,5H2,(H,27,28)(H2,19,20,21)/p-1/t10-,12-,13-,16-/m1/s1. The quantitative estimate of drug-likeness (QED) is 0.393. The largest absolute Gasteiger partial charge is 0.746 e. The number of nitrogens with zero attached hydrogens (tertiary/aromatic N) is 4. The van der Waals surface area contributed by atoms with Gasteiger partial charge < -0.3 is 34.6 Å². The van der Waals surface area contributed by atoms with Crippen LogP contribution in [0.1, 0.15) is 16.6 Å². The van der Waals surface area contributed by atoms with Crippen molar-refractivity contribution in [3.05, 3.63) is 48.3 Å². The summed E-state index contributed by atoms with van der Waals surface area (Å²) in [6, 6.07) is 4.21. The van der Waals surface area contributed by atoms with Gasteiger partial charge in [0, 0.05) is 0 Å². The van der Waals surface area contributed by atoms with E-state index in [1.165, 1.54) is 23.3 Å². The fourth-order valence-electron chi connectivity index (χ4n) is 3.11. The smallest absolute Gasteiger partial charge is 0.344 e. The molecule has 2 aromatic heterocycles. The number of carbonyl (C=O) groups is 1. The summed E-state index contributed by atoms with van der Waals surface area (Å²) in [5.41, 5.74) is 5.83. The molecule has 0 spiro atoms. The molecule has 1 fully saturated rings. The van der Waals surface area contributed by atoms with E-state index >= 15 is 0 Å². The van der Waals surface area contributed by atoms with E-state index in [0.29, 0.717) is 0 Å². The molecule has 3 heterocycles. The summed E-state index contributed by atoms with van der Waals surface area (Å²) in [5.74, 6) is -2.02. The van der Waals surface area contributed by atoms with E-state index in [2.05, 4.69) is 24.0 Å². The van der Waals surface area contributed by atoms with Crippen molar-refractivity contribution in [2.75, 3.05) is 12.3 Å². The Labute approximate surface area is 178 Å². The molecule has 1 unspecified atom stereocenters. The van der Waals surface area contributed by atoms with Gasteiger partial charge in [0.15, 0.2) is 17.7 Å². The second-order valence-electron chi connectivity index (χ2n) is 6.76. The number of benzene rings is 1. The first kappa shape index (κ1) is 22.2. The minimum atomic E-state index is -5.20. The number of carbonyl (C=O) groups excluding carboxylic acids is 1. The molecule has 170 valence electrons. The van der Waals surface area contributed by atoms with Crippen LogP contribution in [0.15, 0.2) is 36.9 Å². The van der Waals surface area contributed by atoms with Crippen LogP contribution in [0.25, 0.3) is 11.2 Å². The van der Waals surface area contributed by atoms with Gasteiger partial charge in [-0.25, -0.2) is 24.1 Å². The van der Waals surface area contributed by atoms with Crippen molar-refractivity contribution in [1.82, 2.24) is 19.5 Å². The van der Waals surface area contributed by atoms with E-state index in [4.69, 9.17) is 10.5 Å². The predicted molar refractivity (Wildman–Crippen MR) is 101 cm³/mol. The average Bonchev–Trinajstić information content (AvgIpc) is 3.29. The molecule has 13 nitrogen and oxygen atoms in total. The second-order valence-corrected chi connectivity index (χ2v) is 8.10. The molecule has 0 amide bonds. The normalized spacial score (nSPS) is 25.0. The molecule has 5 atom stereocenters. The Morgan fingerprint density at radius 1 is 1.31 bits per heavy atom. The van der Waals surface area contributed by atoms with Crippen molar-refractivity contribution in [1.29, 1.82) is 0 Å². The van der Waals surface area contributed by atoms with Gasteiger partial charge in [0.05, 0.1) is 18.5 Å². The summed E-state index contributed by atoms with van der Waals surface area (Å²) in [5, 5.41) is 20.6. The molecule has 0 aliphatic carbocycles. The Kier molecular flexibility index (Phi) is 5.90. The van der Waals surface area contributed by atoms with Gasteiger partial charge in [-0.15, -0.1) is 0 Å². The van der Waals surface area contributed by atoms with E-state index in [1.807, 2.05) is 0 Å². The Bertz CT molecular complexity index is 1210. The molecule has 0 radical (unpaired) electrons. The van der Waals surface area contributed by atoms with Crippen LogP contribution in [0.4, 0.5) is 10.2 Å². The van der Waals surface area contributed by atoms with Crippen LogP contribution in [0.5, 0.6) is 0 Å². The Hall–Kier alpha value is -3.00. The summed E-state index contributed by atoms with van der Waals surface area (Å²) in [7, 11) is -5.20. The zero-order valence-corrected chi connectivity index (χ0v) is 16.9. The number of phosphoric ester groups is 1. The number of anilines is 1. The van der Waals surface area contributed by atoms with E-state index in [1.54, 1.807) is 0 Å². The maximum absolute atomic E-state index is 13.2. The summed E-state index contributed by atoms with van der Waals surface area (Å²) >= 11 is 0. The first-order valence-corrected chi connectivity index (χ1v) is 10.5. The number of aliphatic hydroxyl groups is 2. The predicted octanol–water partition coefficient (Wildman–Crippen LogP) is -0.491. The maximum Gasteiger partial charge on any atom is 0.344 e. The number of imidazole rings is 1. The number of nitrogen functional groups attached to an aromatic ring is 1. The second kappa shape index (κ2) is 8.50. The summed E-state index contributed by atoms with van der Waals surface area (Å²) < 4.78 is 40.9. The lowest BCUT2D eigenvalue weighted by Crippen LogP contribution is -2.34. The summed E-state index contributed by atoms with van der Waals surface area (Å²) in [6.07, 6.45) is -3.14. The highest BCUT2D eigenvalue weighted by molar-refractivity contribution is 7.46. The van der Waals surface area contributed by atoms with Gasteiger partial charge in [-0.3, -0.25) is 9.13 Å². The fraction of sp³-hybridized carbons (Fsp3) is 0.294. The Morgan fingerprint density at radius 3 is 2.84 bits per heavy atom. The number of fused-ring (bicyclic) bond motifs is 1. The lowest BCUT2D eigenvalue weighted by molar-refractivity contribution is -0.222. The van der Waals surface area contributed by atoms with Crippen molar-refractivity contribution in [3.63, 3.8) is 0 Å². The van der Waals surface area contributed by atoms with Crippen molar-refractivity contribution < 1.29 is 42.6 Å². The minimum absolute atomic E-state index is 0.0917. The number of aliphatic hydroxyl groups excluding tert-OH is 2. The first-order valence-electron chi connectivity index (χ1n) is 9.06. The van der Waals surface area contributed by atoms with Crippen LogP contribution in [0.2, 0.25) is 0 Å². The van der Waals surface area contributed by atoms with E-state index < -0.39 is 50.8 Å². The van der Waals surface area contributed by atoms with Gasteiger partial charge in [-0.05, 0) is 18.2 Å². The van der Waals surface area contributed by atoms with Gasteiger partial charge in [0.1, 0.15) is 36.0 Å². The number of halogens is 1. The fourth-order valence-corrected chi connectivity index (χ4v) is 3.80. The molecular weight excluding hydrogens is 452 g/mol. The van der Waals surface area contributed by atoms with Crippen molar-refractivity contribution >= 4 is 30.8 Å². The maximum atomic E-state index is 13.2. The third kappa shape index (κ3) is 4.32. The number of phosphoric acid groups is 1. The molecule has 1 aromatic carbocycles. The third-order valence-electron chi connectivity index (χ3n) is 4.65. The van der Waals surface area contributed by atoms with Gasteiger partial charge >= 0.3 is 13.8 Å². The van der Waals surface area contributed by atoms with Gasteiger partial charge in [-0.1, -0.05) is 6.07 Å². The Morgan fingerprint density at radius 2 is 2.09 bits per heavy atom. The number of hydrogen-bond donors (Lipinski definition) is 3. The molecule has 1 aliphatic heterocycles. The SMILES string of the molecule is Nc1ncnc2c1ncn2[C@@H]1O[C@H](COP(=O)([O-])OC(=O)c2cccc(F)c2)[C@@H](O)[C@H]1O. The molecule has 32 heavy (non-hydrogen) atoms. The third-order valence-corrected chi connectivity index (χ3v) is 5.51. The highest BCUT2D eigenvalue weighted by Crippen LogP contribution is 2.41. The van der Waals surface area contributed by atoms with Crippen LogP contribution in [-0.4, -0.2) is 60.6 Å². The first-order chi connectivity index (χ1) is 15.2. The Balaban J connectivity index is 1.42. The van der Waals surface area contributed by atoms with E-state index in [0.717, 1.165) is 18.2 Å². The number of nitrogens with two attached hydrogens (primary N) is 1. The van der Waals surface area contributed by atoms with Crippen molar-refractivity contribution in [3.8, 4) is 0 Å². The minimum Gasteiger partial charge on any atom is -0.746 e. The molecule has 1 saturated heterocycles. The number of ether oxygens (including phenoxy) is 1. The molecule has 4 N–H and O–H groups in total. The average molecular weight is 468 g/mol. The van der Waals surface area contributed by atoms with E-state index in [-0.39, 0.29) is 22.5 Å². The van der Waals surface area contributed by atoms with Crippen molar-refractivity contribution in [2.45, 2.75) is 24.5 Å². The lowest BCUT2D eigenvalue weighted by atomic mass is 10.1. The highest BCUT2D eigenvalue weighted by atomic mass is 31.2. The molecule has 0 saturated carbocycles. The van der Waals surface area contributed by atoms with Gasteiger partial charge in [-0.2, -0.15) is 0 Å². The van der Waals surface area contributed by atoms with Crippen LogP contribution in [0.3, 0.4) is 0 Å². The molecule has 3 aromatic rings. The lowest BCUT2D eigenvalue weighted by Gasteiger charge is -2.24. The zero-order valence-electron chi connectivity index (χ0n) is 16.0. The zero-order chi connectivity index (χ0) is 23.0.